The van der Waals surface area contributed by atoms with E-state index in [1.165, 1.54) is 0 Å². The maximum atomic E-state index is 12.2. The molecule has 0 bridgehead atoms. The molecule has 0 spiro atoms. The van der Waals surface area contributed by atoms with E-state index < -0.39 is 5.97 Å². The van der Waals surface area contributed by atoms with Crippen LogP contribution in [-0.4, -0.2) is 28.6 Å². The molecule has 0 saturated carbocycles. The average Bonchev–Trinajstić information content (AvgIpc) is 2.81. The van der Waals surface area contributed by atoms with Crippen molar-refractivity contribution in [2.24, 2.45) is 0 Å². The second kappa shape index (κ2) is 6.69. The lowest BCUT2D eigenvalue weighted by molar-refractivity contribution is 0.0514. The zero-order chi connectivity index (χ0) is 16.4. The maximum absolute atomic E-state index is 12.2. The predicted molar refractivity (Wildman–Crippen MR) is 89.6 cm³/mol. The Morgan fingerprint density at radius 3 is 2.59 bits per heavy atom. The van der Waals surface area contributed by atoms with Crippen molar-refractivity contribution in [1.82, 2.24) is 9.97 Å². The summed E-state index contributed by atoms with van der Waals surface area (Å²) < 4.78 is 11.9. The van der Waals surface area contributed by atoms with E-state index in [0.29, 0.717) is 23.7 Å². The van der Waals surface area contributed by atoms with E-state index in [9.17, 15) is 4.79 Å². The fourth-order valence-electron chi connectivity index (χ4n) is 2.35. The van der Waals surface area contributed by atoms with Gasteiger partial charge in [0.2, 0.25) is 0 Å². The van der Waals surface area contributed by atoms with Crippen LogP contribution in [-0.2, 0) is 11.2 Å². The number of carbonyl (C=O) groups excluding carboxylic acids is 1. The van der Waals surface area contributed by atoms with E-state index in [-0.39, 0.29) is 6.10 Å². The minimum Gasteiger partial charge on any atom is -0.488 e. The van der Waals surface area contributed by atoms with Crippen molar-refractivity contribution in [3.05, 3.63) is 21.4 Å². The number of carbonyl (C=O) groups is 1. The number of hydrogen-bond acceptors (Lipinski definition) is 4. The molecule has 22 heavy (non-hydrogen) atoms. The summed E-state index contributed by atoms with van der Waals surface area (Å²) >= 11 is 3.59. The number of hydrogen-bond donors (Lipinski definition) is 1. The first kappa shape index (κ1) is 16.8. The Balaban J connectivity index is 2.74. The number of rotatable bonds is 5. The van der Waals surface area contributed by atoms with Gasteiger partial charge in [-0.05, 0) is 55.6 Å². The minimum absolute atomic E-state index is 0.0591. The number of pyridine rings is 1. The minimum atomic E-state index is -0.426. The number of halogens is 1. The van der Waals surface area contributed by atoms with Crippen molar-refractivity contribution in [2.75, 3.05) is 6.61 Å². The third-order valence-corrected chi connectivity index (χ3v) is 4.36. The number of aryl methyl sites for hydroxylation is 2. The number of aromatic amines is 1. The molecule has 0 amide bonds. The molecule has 0 atom stereocenters. The molecule has 120 valence electrons. The zero-order valence-corrected chi connectivity index (χ0v) is 15.1. The van der Waals surface area contributed by atoms with Crippen LogP contribution in [0.4, 0.5) is 0 Å². The number of fused-ring (bicyclic) bond motifs is 1. The van der Waals surface area contributed by atoms with Crippen molar-refractivity contribution in [2.45, 2.75) is 47.1 Å². The molecule has 0 aliphatic rings. The second-order valence-corrected chi connectivity index (χ2v) is 6.08. The molecule has 2 heterocycles. The fraction of sp³-hybridized carbons (Fsp3) is 0.500. The lowest BCUT2D eigenvalue weighted by atomic mass is 10.1. The highest BCUT2D eigenvalue weighted by Gasteiger charge is 2.25. The van der Waals surface area contributed by atoms with Crippen LogP contribution >= 0.6 is 15.9 Å². The molecule has 0 saturated heterocycles. The van der Waals surface area contributed by atoms with Gasteiger partial charge in [0.1, 0.15) is 5.65 Å². The van der Waals surface area contributed by atoms with E-state index in [2.05, 4.69) is 25.9 Å². The normalized spacial score (nSPS) is 11.2. The summed E-state index contributed by atoms with van der Waals surface area (Å²) in [6.07, 6.45) is 0.738. The first-order valence-electron chi connectivity index (χ1n) is 7.45. The maximum Gasteiger partial charge on any atom is 0.358 e. The summed E-state index contributed by atoms with van der Waals surface area (Å²) in [5, 5.41) is 0.820. The quantitative estimate of drug-likeness (QED) is 0.804. The molecular formula is C16H21BrN2O3. The summed E-state index contributed by atoms with van der Waals surface area (Å²) in [7, 11) is 0. The summed E-state index contributed by atoms with van der Waals surface area (Å²) in [5.74, 6) is 0.0847. The van der Waals surface area contributed by atoms with Gasteiger partial charge in [-0.25, -0.2) is 9.78 Å². The Kier molecular flexibility index (Phi) is 5.11. The smallest absolute Gasteiger partial charge is 0.358 e. The van der Waals surface area contributed by atoms with Gasteiger partial charge in [0.25, 0.3) is 0 Å². The van der Waals surface area contributed by atoms with Gasteiger partial charge in [0.05, 0.1) is 23.8 Å². The Morgan fingerprint density at radius 1 is 1.36 bits per heavy atom. The Hall–Kier alpha value is -1.56. The lowest BCUT2D eigenvalue weighted by Crippen LogP contribution is -2.11. The number of ether oxygens (including phenoxy) is 2. The molecule has 5 nitrogen and oxygen atoms in total. The standard InChI is InChI=1S/C16H21BrN2O3/c1-6-10-12(17)9(5)11-14(22-8(3)4)13(16(20)21-7-2)19-15(11)18-10/h8H,6-7H2,1-5H3,(H,18,19). The molecule has 0 aliphatic heterocycles. The van der Waals surface area contributed by atoms with Crippen molar-refractivity contribution in [3.8, 4) is 5.75 Å². The number of H-pyrrole nitrogens is 1. The zero-order valence-electron chi connectivity index (χ0n) is 13.5. The molecule has 0 fully saturated rings. The van der Waals surface area contributed by atoms with Crippen LogP contribution in [0.15, 0.2) is 4.47 Å². The Labute approximate surface area is 138 Å². The van der Waals surface area contributed by atoms with E-state index in [1.54, 1.807) is 6.92 Å². The third kappa shape index (κ3) is 2.97. The van der Waals surface area contributed by atoms with Gasteiger partial charge >= 0.3 is 5.97 Å². The fourth-order valence-corrected chi connectivity index (χ4v) is 2.91. The van der Waals surface area contributed by atoms with Gasteiger partial charge in [-0.2, -0.15) is 0 Å². The highest BCUT2D eigenvalue weighted by Crippen LogP contribution is 2.37. The second-order valence-electron chi connectivity index (χ2n) is 5.29. The van der Waals surface area contributed by atoms with Crippen molar-refractivity contribution in [1.29, 1.82) is 0 Å². The molecule has 2 rings (SSSR count). The Bertz CT molecular complexity index is 707. The van der Waals surface area contributed by atoms with Crippen LogP contribution in [0.5, 0.6) is 5.75 Å². The first-order valence-corrected chi connectivity index (χ1v) is 8.24. The number of nitrogens with zero attached hydrogens (tertiary/aromatic N) is 1. The molecule has 0 aromatic carbocycles. The van der Waals surface area contributed by atoms with Crippen LogP contribution in [0.3, 0.4) is 0 Å². The molecule has 0 unspecified atom stereocenters. The molecular weight excluding hydrogens is 348 g/mol. The summed E-state index contributed by atoms with van der Waals surface area (Å²) in [5.41, 5.74) is 2.92. The molecule has 6 heteroatoms. The van der Waals surface area contributed by atoms with Crippen LogP contribution in [0, 0.1) is 6.92 Å². The van der Waals surface area contributed by atoms with Gasteiger partial charge < -0.3 is 14.5 Å². The van der Waals surface area contributed by atoms with Gasteiger partial charge in [-0.3, -0.25) is 0 Å². The SMILES string of the molecule is CCOC(=O)c1[nH]c2nc(CC)c(Br)c(C)c2c1OC(C)C. The van der Waals surface area contributed by atoms with Crippen molar-refractivity contribution >= 4 is 32.9 Å². The monoisotopic (exact) mass is 368 g/mol. The Morgan fingerprint density at radius 2 is 2.05 bits per heavy atom. The molecule has 2 aromatic heterocycles. The molecule has 0 radical (unpaired) electrons. The van der Waals surface area contributed by atoms with Crippen molar-refractivity contribution < 1.29 is 14.3 Å². The van der Waals surface area contributed by atoms with E-state index in [0.717, 1.165) is 27.5 Å². The lowest BCUT2D eigenvalue weighted by Gasteiger charge is -2.12. The van der Waals surface area contributed by atoms with E-state index in [1.807, 2.05) is 27.7 Å². The summed E-state index contributed by atoms with van der Waals surface area (Å²) in [6.45, 7) is 9.96. The number of nitrogens with one attached hydrogen (secondary N) is 1. The van der Waals surface area contributed by atoms with Crippen LogP contribution in [0.1, 0.15) is 49.4 Å². The topological polar surface area (TPSA) is 64.2 Å². The number of aromatic nitrogens is 2. The van der Waals surface area contributed by atoms with Gasteiger partial charge in [-0.1, -0.05) is 6.92 Å². The largest absolute Gasteiger partial charge is 0.488 e. The van der Waals surface area contributed by atoms with Crippen molar-refractivity contribution in [3.63, 3.8) is 0 Å². The van der Waals surface area contributed by atoms with Crippen LogP contribution in [0.2, 0.25) is 0 Å². The average molecular weight is 369 g/mol. The highest BCUT2D eigenvalue weighted by atomic mass is 79.9. The van der Waals surface area contributed by atoms with Crippen LogP contribution < -0.4 is 4.74 Å². The predicted octanol–water partition coefficient (Wildman–Crippen LogP) is 4.16. The third-order valence-electron chi connectivity index (χ3n) is 3.31. The first-order chi connectivity index (χ1) is 10.4. The highest BCUT2D eigenvalue weighted by molar-refractivity contribution is 9.10. The van der Waals surface area contributed by atoms with Gasteiger partial charge in [0, 0.05) is 4.47 Å². The molecule has 1 N–H and O–H groups in total. The molecule has 0 aliphatic carbocycles. The van der Waals surface area contributed by atoms with E-state index in [4.69, 9.17) is 9.47 Å². The summed E-state index contributed by atoms with van der Waals surface area (Å²) in [6, 6.07) is 0. The number of esters is 1. The van der Waals surface area contributed by atoms with E-state index >= 15 is 0 Å². The molecule has 2 aromatic rings. The van der Waals surface area contributed by atoms with Gasteiger partial charge in [0.15, 0.2) is 11.4 Å². The summed E-state index contributed by atoms with van der Waals surface area (Å²) in [4.78, 5) is 19.9. The van der Waals surface area contributed by atoms with Gasteiger partial charge in [-0.15, -0.1) is 0 Å². The van der Waals surface area contributed by atoms with Crippen LogP contribution in [0.25, 0.3) is 11.0 Å².